The Labute approximate surface area is 194 Å². The Balaban J connectivity index is 1.22. The molecular weight excluding hydrogens is 434 g/mol. The van der Waals surface area contributed by atoms with E-state index in [0.717, 1.165) is 4.90 Å². The lowest BCUT2D eigenvalue weighted by molar-refractivity contribution is -0.119. The van der Waals surface area contributed by atoms with Gasteiger partial charge in [0, 0.05) is 24.1 Å². The van der Waals surface area contributed by atoms with E-state index in [4.69, 9.17) is 4.74 Å². The highest BCUT2D eigenvalue weighted by molar-refractivity contribution is 6.23. The summed E-state index contributed by atoms with van der Waals surface area (Å²) in [7, 11) is 0. The normalized spacial score (nSPS) is 13.5. The molecule has 2 aromatic heterocycles. The summed E-state index contributed by atoms with van der Waals surface area (Å²) >= 11 is 0. The molecule has 1 N–H and O–H groups in total. The average molecular weight is 453 g/mol. The first kappa shape index (κ1) is 21.1. The largest absolute Gasteiger partial charge is 0.438 e. The summed E-state index contributed by atoms with van der Waals surface area (Å²) in [5.74, 6) is 0.0744. The Bertz CT molecular complexity index is 1330. The van der Waals surface area contributed by atoms with E-state index < -0.39 is 23.8 Å². The smallest absolute Gasteiger partial charge is 0.262 e. The number of fused-ring (bicyclic) bond motifs is 1. The van der Waals surface area contributed by atoms with Gasteiger partial charge in [0.05, 0.1) is 11.1 Å². The molecule has 5 rings (SSSR count). The first-order valence-electron chi connectivity index (χ1n) is 10.5. The number of nitrogens with one attached hydrogen (secondary N) is 1. The van der Waals surface area contributed by atoms with Crippen LogP contribution >= 0.6 is 0 Å². The van der Waals surface area contributed by atoms with Gasteiger partial charge in [-0.1, -0.05) is 12.1 Å². The summed E-state index contributed by atoms with van der Waals surface area (Å²) in [5.41, 5.74) is 1.10. The standard InChI is InChI=1S/C25H19N5O4/c1-16(30-24(32)19-6-2-3-7-20(19)25(30)33)23(31)26-17-8-10-18(11-9-17)34-22-13-12-21(27-28-22)29-14-4-5-15-29/h2-16H,1H3,(H,26,31). The zero-order chi connectivity index (χ0) is 23.7. The van der Waals surface area contributed by atoms with Crippen molar-refractivity contribution in [2.75, 3.05) is 5.32 Å². The topological polar surface area (TPSA) is 106 Å². The third-order valence-corrected chi connectivity index (χ3v) is 5.43. The lowest BCUT2D eigenvalue weighted by Crippen LogP contribution is -2.45. The number of rotatable bonds is 6. The van der Waals surface area contributed by atoms with Crippen molar-refractivity contribution in [1.29, 1.82) is 0 Å². The third kappa shape index (κ3) is 3.90. The molecule has 0 fully saturated rings. The molecule has 0 spiro atoms. The Kier molecular flexibility index (Phi) is 5.35. The van der Waals surface area contributed by atoms with Crippen LogP contribution in [0.25, 0.3) is 5.82 Å². The number of carbonyl (C=O) groups excluding carboxylic acids is 3. The molecule has 9 heteroatoms. The number of nitrogens with zero attached hydrogens (tertiary/aromatic N) is 4. The maximum Gasteiger partial charge on any atom is 0.262 e. The van der Waals surface area contributed by atoms with Gasteiger partial charge in [0.15, 0.2) is 5.82 Å². The molecule has 0 bridgehead atoms. The van der Waals surface area contributed by atoms with E-state index in [1.165, 1.54) is 6.92 Å². The number of benzene rings is 2. The van der Waals surface area contributed by atoms with Crippen LogP contribution in [0.3, 0.4) is 0 Å². The molecule has 1 unspecified atom stereocenters. The van der Waals surface area contributed by atoms with Gasteiger partial charge in [0.2, 0.25) is 11.8 Å². The summed E-state index contributed by atoms with van der Waals surface area (Å²) < 4.78 is 7.54. The number of ether oxygens (including phenoxy) is 1. The van der Waals surface area contributed by atoms with E-state index in [-0.39, 0.29) is 0 Å². The van der Waals surface area contributed by atoms with Gasteiger partial charge in [-0.25, -0.2) is 0 Å². The summed E-state index contributed by atoms with van der Waals surface area (Å²) in [5, 5.41) is 10.9. The zero-order valence-corrected chi connectivity index (χ0v) is 18.1. The summed E-state index contributed by atoms with van der Waals surface area (Å²) in [4.78, 5) is 38.9. The number of aromatic nitrogens is 3. The number of carbonyl (C=O) groups is 3. The van der Waals surface area contributed by atoms with Crippen molar-refractivity contribution < 1.29 is 19.1 Å². The average Bonchev–Trinajstić information content (AvgIpc) is 3.48. The SMILES string of the molecule is CC(C(=O)Nc1ccc(Oc2ccc(-n3cccc3)nn2)cc1)N1C(=O)c2ccccc2C1=O. The molecule has 3 heterocycles. The number of hydrogen-bond acceptors (Lipinski definition) is 6. The van der Waals surface area contributed by atoms with Gasteiger partial charge in [-0.3, -0.25) is 19.3 Å². The van der Waals surface area contributed by atoms with Crippen LogP contribution < -0.4 is 10.1 Å². The van der Waals surface area contributed by atoms with Gasteiger partial charge in [0.1, 0.15) is 11.8 Å². The molecule has 0 aliphatic carbocycles. The number of anilines is 1. The highest BCUT2D eigenvalue weighted by Crippen LogP contribution is 2.26. The predicted octanol–water partition coefficient (Wildman–Crippen LogP) is 3.68. The van der Waals surface area contributed by atoms with Crippen LogP contribution in [0, 0.1) is 0 Å². The molecule has 34 heavy (non-hydrogen) atoms. The van der Waals surface area contributed by atoms with Crippen molar-refractivity contribution in [3.05, 3.63) is 96.3 Å². The van der Waals surface area contributed by atoms with Gasteiger partial charge in [-0.05, 0) is 61.5 Å². The van der Waals surface area contributed by atoms with Crippen LogP contribution in [0.5, 0.6) is 11.6 Å². The minimum Gasteiger partial charge on any atom is -0.438 e. The quantitative estimate of drug-likeness (QED) is 0.447. The van der Waals surface area contributed by atoms with Crippen molar-refractivity contribution in [2.45, 2.75) is 13.0 Å². The molecule has 0 radical (unpaired) electrons. The molecule has 4 aromatic rings. The fraction of sp³-hybridized carbons (Fsp3) is 0.0800. The van der Waals surface area contributed by atoms with Gasteiger partial charge < -0.3 is 14.6 Å². The Morgan fingerprint density at radius 1 is 0.853 bits per heavy atom. The highest BCUT2D eigenvalue weighted by atomic mass is 16.5. The fourth-order valence-electron chi connectivity index (χ4n) is 3.64. The first-order valence-corrected chi connectivity index (χ1v) is 10.5. The number of imide groups is 1. The summed E-state index contributed by atoms with van der Waals surface area (Å²) in [6.45, 7) is 1.52. The molecule has 9 nitrogen and oxygen atoms in total. The van der Waals surface area contributed by atoms with Crippen LogP contribution in [0.1, 0.15) is 27.6 Å². The van der Waals surface area contributed by atoms with Gasteiger partial charge >= 0.3 is 0 Å². The van der Waals surface area contributed by atoms with Gasteiger partial charge in [0.25, 0.3) is 11.8 Å². The van der Waals surface area contributed by atoms with Gasteiger partial charge in [-0.2, -0.15) is 0 Å². The van der Waals surface area contributed by atoms with Crippen LogP contribution in [0.2, 0.25) is 0 Å². The molecule has 1 atom stereocenters. The maximum absolute atomic E-state index is 12.7. The molecular formula is C25H19N5O4. The second kappa shape index (κ2) is 8.62. The number of hydrogen-bond donors (Lipinski definition) is 1. The van der Waals surface area contributed by atoms with Crippen LogP contribution in [0.15, 0.2) is 85.2 Å². The minimum absolute atomic E-state index is 0.304. The van der Waals surface area contributed by atoms with Crippen molar-refractivity contribution in [2.24, 2.45) is 0 Å². The maximum atomic E-state index is 12.7. The second-order valence-electron chi connectivity index (χ2n) is 7.64. The van der Waals surface area contributed by atoms with Crippen LogP contribution in [0.4, 0.5) is 5.69 Å². The predicted molar refractivity (Wildman–Crippen MR) is 123 cm³/mol. The zero-order valence-electron chi connectivity index (χ0n) is 18.1. The molecule has 2 aromatic carbocycles. The lowest BCUT2D eigenvalue weighted by Gasteiger charge is -2.21. The second-order valence-corrected chi connectivity index (χ2v) is 7.64. The van der Waals surface area contributed by atoms with Crippen LogP contribution in [-0.4, -0.2) is 43.4 Å². The van der Waals surface area contributed by atoms with E-state index in [9.17, 15) is 14.4 Å². The molecule has 0 saturated heterocycles. The Hall–Kier alpha value is -4.79. The van der Waals surface area contributed by atoms with E-state index in [0.29, 0.717) is 34.3 Å². The molecule has 0 saturated carbocycles. The highest BCUT2D eigenvalue weighted by Gasteiger charge is 2.40. The first-order chi connectivity index (χ1) is 16.5. The van der Waals surface area contributed by atoms with Crippen molar-refractivity contribution in [3.63, 3.8) is 0 Å². The molecule has 1 aliphatic heterocycles. The van der Waals surface area contributed by atoms with E-state index in [1.807, 2.05) is 29.1 Å². The number of amides is 3. The van der Waals surface area contributed by atoms with Crippen molar-refractivity contribution in [1.82, 2.24) is 19.7 Å². The molecule has 3 amide bonds. The molecule has 1 aliphatic rings. The minimum atomic E-state index is -0.975. The van der Waals surface area contributed by atoms with Gasteiger partial charge in [-0.15, -0.1) is 10.2 Å². The lowest BCUT2D eigenvalue weighted by atomic mass is 10.1. The van der Waals surface area contributed by atoms with E-state index in [1.54, 1.807) is 60.7 Å². The third-order valence-electron chi connectivity index (χ3n) is 5.43. The summed E-state index contributed by atoms with van der Waals surface area (Å²) in [6, 6.07) is 19.5. The Morgan fingerprint density at radius 2 is 1.50 bits per heavy atom. The van der Waals surface area contributed by atoms with Crippen molar-refractivity contribution >= 4 is 23.4 Å². The Morgan fingerprint density at radius 3 is 2.09 bits per heavy atom. The van der Waals surface area contributed by atoms with Crippen molar-refractivity contribution in [3.8, 4) is 17.4 Å². The fourth-order valence-corrected chi connectivity index (χ4v) is 3.64. The summed E-state index contributed by atoms with van der Waals surface area (Å²) in [6.07, 6.45) is 3.74. The van der Waals surface area contributed by atoms with Crippen LogP contribution in [-0.2, 0) is 4.79 Å². The monoisotopic (exact) mass is 453 g/mol. The molecule has 168 valence electrons. The van der Waals surface area contributed by atoms with E-state index >= 15 is 0 Å². The van der Waals surface area contributed by atoms with E-state index in [2.05, 4.69) is 15.5 Å².